The van der Waals surface area contributed by atoms with E-state index in [0.29, 0.717) is 0 Å². The molecule has 0 bridgehead atoms. The minimum atomic E-state index is -5.06. The number of benzene rings is 3. The van der Waals surface area contributed by atoms with E-state index in [1.54, 1.807) is 0 Å². The zero-order chi connectivity index (χ0) is 21.6. The maximum absolute atomic E-state index is 12.9. The van der Waals surface area contributed by atoms with Crippen molar-refractivity contribution < 1.29 is 23.2 Å². The van der Waals surface area contributed by atoms with Gasteiger partial charge in [0, 0.05) is 31.7 Å². The zero-order valence-electron chi connectivity index (χ0n) is 14.3. The summed E-state index contributed by atoms with van der Waals surface area (Å²) in [6.07, 6.45) is 0. The van der Waals surface area contributed by atoms with Gasteiger partial charge in [0.1, 0.15) is 11.5 Å². The van der Waals surface area contributed by atoms with Gasteiger partial charge in [-0.2, -0.15) is 8.42 Å². The monoisotopic (exact) mass is 492 g/mol. The largest absolute Gasteiger partial charge is 0.508 e. The molecule has 0 radical (unpaired) electrons. The van der Waals surface area contributed by atoms with Crippen LogP contribution < -0.4 is 0 Å². The molecule has 29 heavy (non-hydrogen) atoms. The molecule has 3 aromatic carbocycles. The summed E-state index contributed by atoms with van der Waals surface area (Å²) in [7, 11) is -5.06. The van der Waals surface area contributed by atoms with Crippen LogP contribution in [0.3, 0.4) is 0 Å². The first-order chi connectivity index (χ1) is 13.4. The minimum absolute atomic E-state index is 0.0724. The van der Waals surface area contributed by atoms with Gasteiger partial charge in [-0.25, -0.2) is 0 Å². The molecule has 3 aromatic rings. The molecule has 0 fully saturated rings. The molecular formula is C19H12Cl4O5S. The summed E-state index contributed by atoms with van der Waals surface area (Å²) >= 11 is 24.4. The second kappa shape index (κ2) is 7.87. The van der Waals surface area contributed by atoms with Crippen LogP contribution in [0.25, 0.3) is 0 Å². The fraction of sp³-hybridized carbons (Fsp3) is 0.0526. The molecule has 10 heteroatoms. The lowest BCUT2D eigenvalue weighted by Gasteiger charge is -2.33. The SMILES string of the molecule is O=S(=O)(O)C(c1cc(Cl)cc(Cl)c1)(c1cc(Cl)cc(Cl)c1)c1ccc(O)cc1O. The first-order valence-corrected chi connectivity index (χ1v) is 10.8. The first-order valence-electron chi connectivity index (χ1n) is 7.88. The van der Waals surface area contributed by atoms with Gasteiger partial charge in [-0.3, -0.25) is 4.55 Å². The van der Waals surface area contributed by atoms with E-state index >= 15 is 0 Å². The Kier molecular flexibility index (Phi) is 5.98. The Hall–Kier alpha value is -1.67. The van der Waals surface area contributed by atoms with Crippen molar-refractivity contribution in [2.75, 3.05) is 0 Å². The van der Waals surface area contributed by atoms with E-state index in [1.807, 2.05) is 0 Å². The van der Waals surface area contributed by atoms with E-state index in [4.69, 9.17) is 46.4 Å². The molecule has 0 amide bonds. The average Bonchev–Trinajstić information content (AvgIpc) is 2.54. The van der Waals surface area contributed by atoms with Crippen LogP contribution >= 0.6 is 46.4 Å². The van der Waals surface area contributed by atoms with Crippen LogP contribution in [0, 0.1) is 0 Å². The van der Waals surface area contributed by atoms with Crippen molar-refractivity contribution >= 4 is 56.5 Å². The summed E-state index contributed by atoms with van der Waals surface area (Å²) in [5, 5.41) is 20.5. The van der Waals surface area contributed by atoms with Gasteiger partial charge in [0.25, 0.3) is 10.1 Å². The molecule has 5 nitrogen and oxygen atoms in total. The van der Waals surface area contributed by atoms with E-state index in [-0.39, 0.29) is 42.5 Å². The lowest BCUT2D eigenvalue weighted by atomic mass is 9.83. The summed E-state index contributed by atoms with van der Waals surface area (Å²) in [4.78, 5) is 0. The predicted octanol–water partition coefficient (Wildman–Crippen LogP) is 5.89. The quantitative estimate of drug-likeness (QED) is 0.311. The maximum Gasteiger partial charge on any atom is 0.283 e. The number of phenols is 2. The zero-order valence-corrected chi connectivity index (χ0v) is 18.1. The fourth-order valence-electron chi connectivity index (χ4n) is 3.25. The summed E-state index contributed by atoms with van der Waals surface area (Å²) in [6.45, 7) is 0. The van der Waals surface area contributed by atoms with Crippen molar-refractivity contribution in [2.24, 2.45) is 0 Å². The van der Waals surface area contributed by atoms with E-state index < -0.39 is 20.6 Å². The van der Waals surface area contributed by atoms with Gasteiger partial charge in [-0.15, -0.1) is 0 Å². The van der Waals surface area contributed by atoms with Gasteiger partial charge >= 0.3 is 0 Å². The molecule has 152 valence electrons. The van der Waals surface area contributed by atoms with Gasteiger partial charge in [0.15, 0.2) is 4.75 Å². The minimum Gasteiger partial charge on any atom is -0.508 e. The van der Waals surface area contributed by atoms with Gasteiger partial charge in [0.2, 0.25) is 0 Å². The number of rotatable bonds is 4. The van der Waals surface area contributed by atoms with E-state index in [0.717, 1.165) is 18.2 Å². The standard InChI is InChI=1S/C19H12Cl4O5S/c20-12-3-10(4-13(21)7-12)19(29(26,27)28,11-5-14(22)8-15(23)6-11)17-2-1-16(24)9-18(17)25/h1-9,24-25H,(H,26,27,28). The summed E-state index contributed by atoms with van der Waals surface area (Å²) in [5.74, 6) is -0.918. The lowest BCUT2D eigenvalue weighted by molar-refractivity contribution is 0.431. The van der Waals surface area contributed by atoms with Crippen LogP contribution in [0.4, 0.5) is 0 Å². The molecule has 0 heterocycles. The number of phenolic OH excluding ortho intramolecular Hbond substituents is 2. The maximum atomic E-state index is 12.9. The highest BCUT2D eigenvalue weighted by Crippen LogP contribution is 2.49. The van der Waals surface area contributed by atoms with E-state index in [2.05, 4.69) is 0 Å². The van der Waals surface area contributed by atoms with Crippen LogP contribution in [0.1, 0.15) is 16.7 Å². The van der Waals surface area contributed by atoms with Crippen molar-refractivity contribution in [1.29, 1.82) is 0 Å². The van der Waals surface area contributed by atoms with Crippen LogP contribution in [0.5, 0.6) is 11.5 Å². The van der Waals surface area contributed by atoms with Crippen molar-refractivity contribution in [3.8, 4) is 11.5 Å². The first kappa shape index (κ1) is 22.0. The Balaban J connectivity index is 2.60. The van der Waals surface area contributed by atoms with E-state index in [9.17, 15) is 23.2 Å². The molecule has 0 aliphatic carbocycles. The highest BCUT2D eigenvalue weighted by Gasteiger charge is 2.50. The Labute approximate surface area is 186 Å². The fourth-order valence-corrected chi connectivity index (χ4v) is 5.58. The van der Waals surface area contributed by atoms with Gasteiger partial charge < -0.3 is 10.2 Å². The Morgan fingerprint density at radius 1 is 0.690 bits per heavy atom. The third-order valence-electron chi connectivity index (χ3n) is 4.29. The molecule has 0 aliphatic rings. The molecule has 0 aliphatic heterocycles. The third kappa shape index (κ3) is 4.01. The van der Waals surface area contributed by atoms with Crippen LogP contribution in [0.15, 0.2) is 54.6 Å². The molecule has 3 rings (SSSR count). The topological polar surface area (TPSA) is 94.8 Å². The smallest absolute Gasteiger partial charge is 0.283 e. The van der Waals surface area contributed by atoms with Crippen LogP contribution in [-0.2, 0) is 14.9 Å². The van der Waals surface area contributed by atoms with Crippen LogP contribution in [-0.4, -0.2) is 23.2 Å². The number of aromatic hydroxyl groups is 2. The Morgan fingerprint density at radius 3 is 1.45 bits per heavy atom. The average molecular weight is 494 g/mol. The number of hydrogen-bond acceptors (Lipinski definition) is 4. The van der Waals surface area contributed by atoms with Crippen molar-refractivity contribution in [1.82, 2.24) is 0 Å². The molecule has 0 spiro atoms. The lowest BCUT2D eigenvalue weighted by Crippen LogP contribution is -2.38. The molecule has 0 unspecified atom stereocenters. The molecule has 0 atom stereocenters. The predicted molar refractivity (Wildman–Crippen MR) is 114 cm³/mol. The van der Waals surface area contributed by atoms with Gasteiger partial charge in [0.05, 0.1) is 0 Å². The normalized spacial score (nSPS) is 12.2. The number of hydrogen-bond donors (Lipinski definition) is 3. The Morgan fingerprint density at radius 2 is 1.10 bits per heavy atom. The van der Waals surface area contributed by atoms with Crippen molar-refractivity contribution in [3.63, 3.8) is 0 Å². The molecule has 3 N–H and O–H groups in total. The highest BCUT2D eigenvalue weighted by molar-refractivity contribution is 7.87. The molecule has 0 saturated heterocycles. The van der Waals surface area contributed by atoms with Crippen molar-refractivity contribution in [3.05, 3.63) is 91.4 Å². The summed E-state index contributed by atoms with van der Waals surface area (Å²) < 4.78 is 34.0. The summed E-state index contributed by atoms with van der Waals surface area (Å²) in [6, 6.07) is 11.1. The number of halogens is 4. The van der Waals surface area contributed by atoms with Crippen molar-refractivity contribution in [2.45, 2.75) is 4.75 Å². The molecule has 0 aromatic heterocycles. The second-order valence-electron chi connectivity index (χ2n) is 6.17. The third-order valence-corrected chi connectivity index (χ3v) is 6.62. The van der Waals surface area contributed by atoms with Gasteiger partial charge in [-0.1, -0.05) is 46.4 Å². The Bertz CT molecular complexity index is 1120. The second-order valence-corrected chi connectivity index (χ2v) is 9.48. The van der Waals surface area contributed by atoms with E-state index in [1.165, 1.54) is 36.4 Å². The van der Waals surface area contributed by atoms with Crippen LogP contribution in [0.2, 0.25) is 20.1 Å². The molecule has 0 saturated carbocycles. The summed E-state index contributed by atoms with van der Waals surface area (Å²) in [5.41, 5.74) is -0.414. The van der Waals surface area contributed by atoms with Gasteiger partial charge in [-0.05, 0) is 59.7 Å². The molecular weight excluding hydrogens is 482 g/mol. The highest BCUT2D eigenvalue weighted by atomic mass is 35.5.